The van der Waals surface area contributed by atoms with Crippen LogP contribution in [0.2, 0.25) is 0 Å². The smallest absolute Gasteiger partial charge is 0.329 e. The molecular weight excluding hydrogens is 258 g/mol. The lowest BCUT2D eigenvalue weighted by Crippen LogP contribution is -2.46. The van der Waals surface area contributed by atoms with Crippen molar-refractivity contribution in [3.63, 3.8) is 0 Å². The molecule has 6 heteroatoms. The van der Waals surface area contributed by atoms with E-state index in [0.29, 0.717) is 30.9 Å². The Labute approximate surface area is 117 Å². The zero-order valence-electron chi connectivity index (χ0n) is 11.7. The Hall–Kier alpha value is -1.85. The number of aromatic amines is 1. The van der Waals surface area contributed by atoms with Crippen LogP contribution >= 0.6 is 0 Å². The first-order valence-electron chi connectivity index (χ1n) is 7.17. The molecule has 0 unspecified atom stereocenters. The molecule has 2 rings (SSSR count). The first-order chi connectivity index (χ1) is 9.55. The van der Waals surface area contributed by atoms with Gasteiger partial charge in [-0.15, -0.1) is 0 Å². The summed E-state index contributed by atoms with van der Waals surface area (Å²) in [6.45, 7) is 1.89. The number of aryl methyl sites for hydroxylation is 1. The highest BCUT2D eigenvalue weighted by Crippen LogP contribution is 2.30. The number of nitrogens with zero attached hydrogens (tertiary/aromatic N) is 1. The predicted octanol–water partition coefficient (Wildman–Crippen LogP) is 1.92. The highest BCUT2D eigenvalue weighted by Gasteiger charge is 2.39. The fraction of sp³-hybridized carbons (Fsp3) is 0.643. The van der Waals surface area contributed by atoms with Crippen LogP contribution < -0.4 is 10.9 Å². The molecule has 1 saturated carbocycles. The maximum Gasteiger partial charge on any atom is 0.329 e. The molecule has 1 aliphatic rings. The number of carboxylic acid groups (broad SMARTS) is 1. The highest BCUT2D eigenvalue weighted by molar-refractivity contribution is 5.82. The molecule has 0 aromatic carbocycles. The lowest BCUT2D eigenvalue weighted by molar-refractivity contribution is -0.142. The third-order valence-corrected chi connectivity index (χ3v) is 3.86. The summed E-state index contributed by atoms with van der Waals surface area (Å²) in [6.07, 6.45) is 5.60. The number of carbonyl (C=O) groups is 1. The zero-order chi connectivity index (χ0) is 14.6. The zero-order valence-corrected chi connectivity index (χ0v) is 11.7. The third kappa shape index (κ3) is 3.18. The van der Waals surface area contributed by atoms with E-state index in [2.05, 4.69) is 15.3 Å². The molecule has 6 nitrogen and oxygen atoms in total. The van der Waals surface area contributed by atoms with Crippen LogP contribution in [0, 0.1) is 0 Å². The molecule has 0 atom stereocenters. The van der Waals surface area contributed by atoms with E-state index in [0.717, 1.165) is 25.7 Å². The van der Waals surface area contributed by atoms with E-state index < -0.39 is 11.5 Å². The average molecular weight is 279 g/mol. The van der Waals surface area contributed by atoms with E-state index in [-0.39, 0.29) is 5.56 Å². The Balaban J connectivity index is 2.30. The summed E-state index contributed by atoms with van der Waals surface area (Å²) >= 11 is 0. The lowest BCUT2D eigenvalue weighted by atomic mass is 9.90. The number of nitrogens with one attached hydrogen (secondary N) is 2. The van der Waals surface area contributed by atoms with Gasteiger partial charge in [0.2, 0.25) is 0 Å². The van der Waals surface area contributed by atoms with Crippen molar-refractivity contribution in [3.8, 4) is 0 Å². The van der Waals surface area contributed by atoms with Crippen molar-refractivity contribution in [2.45, 2.75) is 57.4 Å². The van der Waals surface area contributed by atoms with Crippen molar-refractivity contribution in [2.24, 2.45) is 0 Å². The van der Waals surface area contributed by atoms with Crippen molar-refractivity contribution in [2.75, 3.05) is 5.32 Å². The number of anilines is 1. The molecule has 0 saturated heterocycles. The van der Waals surface area contributed by atoms with Gasteiger partial charge in [0.15, 0.2) is 0 Å². The minimum atomic E-state index is -0.998. The number of H-pyrrole nitrogens is 1. The Morgan fingerprint density at radius 2 is 2.05 bits per heavy atom. The van der Waals surface area contributed by atoms with Gasteiger partial charge in [-0.05, 0) is 12.8 Å². The van der Waals surface area contributed by atoms with Gasteiger partial charge in [0.25, 0.3) is 5.56 Å². The SMILES string of the molecule is CCc1nc(NC2(C(=O)O)CCCCCC2)cc(=O)[nH]1. The monoisotopic (exact) mass is 279 g/mol. The number of hydrogen-bond donors (Lipinski definition) is 3. The van der Waals surface area contributed by atoms with E-state index in [9.17, 15) is 14.7 Å². The molecule has 1 aromatic heterocycles. The van der Waals surface area contributed by atoms with Crippen LogP contribution in [-0.4, -0.2) is 26.6 Å². The van der Waals surface area contributed by atoms with Gasteiger partial charge < -0.3 is 15.4 Å². The topological polar surface area (TPSA) is 95.1 Å². The fourth-order valence-electron chi connectivity index (χ4n) is 2.71. The van der Waals surface area contributed by atoms with E-state index >= 15 is 0 Å². The standard InChI is InChI=1S/C14H21N3O3/c1-2-10-15-11(9-12(18)16-10)17-14(13(19)20)7-5-3-4-6-8-14/h9H,2-8H2,1H3,(H,19,20)(H2,15,16,17,18). The Morgan fingerprint density at radius 1 is 1.40 bits per heavy atom. The molecule has 20 heavy (non-hydrogen) atoms. The van der Waals surface area contributed by atoms with Crippen LogP contribution in [0.5, 0.6) is 0 Å². The Kier molecular flexibility index (Phi) is 4.42. The number of hydrogen-bond acceptors (Lipinski definition) is 4. The number of aromatic nitrogens is 2. The van der Waals surface area contributed by atoms with Gasteiger partial charge in [-0.3, -0.25) is 4.79 Å². The Morgan fingerprint density at radius 3 is 2.60 bits per heavy atom. The highest BCUT2D eigenvalue weighted by atomic mass is 16.4. The second kappa shape index (κ2) is 6.07. The summed E-state index contributed by atoms with van der Waals surface area (Å²) in [4.78, 5) is 30.2. The van der Waals surface area contributed by atoms with Crippen LogP contribution in [0.15, 0.2) is 10.9 Å². The van der Waals surface area contributed by atoms with Gasteiger partial charge in [-0.1, -0.05) is 32.6 Å². The Bertz CT molecular complexity index is 531. The van der Waals surface area contributed by atoms with Crippen LogP contribution in [0.3, 0.4) is 0 Å². The summed E-state index contributed by atoms with van der Waals surface area (Å²) in [5.74, 6) is 0.0589. The molecule has 0 aliphatic heterocycles. The predicted molar refractivity (Wildman–Crippen MR) is 75.9 cm³/mol. The molecule has 0 amide bonds. The van der Waals surface area contributed by atoms with Crippen LogP contribution in [-0.2, 0) is 11.2 Å². The minimum Gasteiger partial charge on any atom is -0.480 e. The van der Waals surface area contributed by atoms with E-state index in [1.165, 1.54) is 6.07 Å². The summed E-state index contributed by atoms with van der Waals surface area (Å²) in [5, 5.41) is 12.6. The molecule has 3 N–H and O–H groups in total. The van der Waals surface area contributed by atoms with E-state index in [4.69, 9.17) is 0 Å². The minimum absolute atomic E-state index is 0.256. The normalized spacial score (nSPS) is 18.2. The van der Waals surface area contributed by atoms with Gasteiger partial charge in [-0.2, -0.15) is 0 Å². The summed E-state index contributed by atoms with van der Waals surface area (Å²) < 4.78 is 0. The molecule has 1 aliphatic carbocycles. The van der Waals surface area contributed by atoms with Crippen molar-refractivity contribution in [1.29, 1.82) is 0 Å². The first kappa shape index (κ1) is 14.6. The fourth-order valence-corrected chi connectivity index (χ4v) is 2.71. The van der Waals surface area contributed by atoms with Crippen molar-refractivity contribution in [3.05, 3.63) is 22.2 Å². The molecule has 0 radical (unpaired) electrons. The maximum atomic E-state index is 11.7. The van der Waals surface area contributed by atoms with Gasteiger partial charge in [0, 0.05) is 12.5 Å². The van der Waals surface area contributed by atoms with Crippen LogP contribution in [0.1, 0.15) is 51.3 Å². The number of aliphatic carboxylic acids is 1. The average Bonchev–Trinajstić information content (AvgIpc) is 2.64. The van der Waals surface area contributed by atoms with E-state index in [1.807, 2.05) is 6.92 Å². The summed E-state index contributed by atoms with van der Waals surface area (Å²) in [6, 6.07) is 1.33. The van der Waals surface area contributed by atoms with Crippen molar-refractivity contribution in [1.82, 2.24) is 9.97 Å². The second-order valence-corrected chi connectivity index (χ2v) is 5.36. The quantitative estimate of drug-likeness (QED) is 0.732. The number of carboxylic acids is 1. The molecule has 110 valence electrons. The van der Waals surface area contributed by atoms with Crippen LogP contribution in [0.25, 0.3) is 0 Å². The largest absolute Gasteiger partial charge is 0.480 e. The maximum absolute atomic E-state index is 11.7. The molecule has 1 heterocycles. The summed E-state index contributed by atoms with van der Waals surface area (Å²) in [5.41, 5.74) is -1.25. The van der Waals surface area contributed by atoms with Gasteiger partial charge in [0.1, 0.15) is 17.2 Å². The third-order valence-electron chi connectivity index (χ3n) is 3.86. The molecule has 0 spiro atoms. The molecule has 1 aromatic rings. The van der Waals surface area contributed by atoms with E-state index in [1.54, 1.807) is 0 Å². The first-order valence-corrected chi connectivity index (χ1v) is 7.17. The van der Waals surface area contributed by atoms with Gasteiger partial charge in [0.05, 0.1) is 0 Å². The molecular formula is C14H21N3O3. The number of rotatable bonds is 4. The molecule has 0 bridgehead atoms. The second-order valence-electron chi connectivity index (χ2n) is 5.36. The van der Waals surface area contributed by atoms with Crippen LogP contribution in [0.4, 0.5) is 5.82 Å². The summed E-state index contributed by atoms with van der Waals surface area (Å²) in [7, 11) is 0. The molecule has 1 fully saturated rings. The lowest BCUT2D eigenvalue weighted by Gasteiger charge is -2.29. The van der Waals surface area contributed by atoms with Crippen molar-refractivity contribution >= 4 is 11.8 Å². The van der Waals surface area contributed by atoms with Crippen molar-refractivity contribution < 1.29 is 9.90 Å². The van der Waals surface area contributed by atoms with Gasteiger partial charge >= 0.3 is 5.97 Å². The van der Waals surface area contributed by atoms with Gasteiger partial charge in [-0.25, -0.2) is 9.78 Å².